The molecule has 0 aliphatic rings. The van der Waals surface area contributed by atoms with E-state index in [4.69, 9.17) is 4.74 Å². The van der Waals surface area contributed by atoms with Crippen LogP contribution >= 0.6 is 0 Å². The largest absolute Gasteiger partial charge is 0.490 e. The summed E-state index contributed by atoms with van der Waals surface area (Å²) in [4.78, 5) is 34.8. The fourth-order valence-electron chi connectivity index (χ4n) is 2.56. The highest BCUT2D eigenvalue weighted by Crippen LogP contribution is 2.27. The lowest BCUT2D eigenvalue weighted by atomic mass is 9.90. The van der Waals surface area contributed by atoms with Crippen molar-refractivity contribution in [1.82, 2.24) is 0 Å². The highest BCUT2D eigenvalue weighted by molar-refractivity contribution is 5.96. The van der Waals surface area contributed by atoms with Gasteiger partial charge in [0.05, 0.1) is 19.1 Å². The monoisotopic (exact) mass is 369 g/mol. The fourth-order valence-corrected chi connectivity index (χ4v) is 2.56. The van der Waals surface area contributed by atoms with Gasteiger partial charge in [-0.3, -0.25) is 14.9 Å². The SMILES string of the molecule is COC(=O)/C(=C/C(CC(=O)c1ccccc1)c1ccc([N+](=O)[O-])cc1)OC. The van der Waals surface area contributed by atoms with Gasteiger partial charge in [-0.15, -0.1) is 0 Å². The van der Waals surface area contributed by atoms with Crippen molar-refractivity contribution in [3.63, 3.8) is 0 Å². The van der Waals surface area contributed by atoms with Gasteiger partial charge in [0.1, 0.15) is 0 Å². The summed E-state index contributed by atoms with van der Waals surface area (Å²) in [5, 5.41) is 10.9. The van der Waals surface area contributed by atoms with Crippen LogP contribution in [0.25, 0.3) is 0 Å². The molecule has 1 atom stereocenters. The van der Waals surface area contributed by atoms with Gasteiger partial charge >= 0.3 is 5.97 Å². The molecule has 7 heteroatoms. The van der Waals surface area contributed by atoms with E-state index in [1.165, 1.54) is 32.4 Å². The minimum atomic E-state index is -0.670. The number of carbonyl (C=O) groups is 2. The summed E-state index contributed by atoms with van der Waals surface area (Å²) in [6, 6.07) is 14.6. The number of esters is 1. The first-order valence-electron chi connectivity index (χ1n) is 8.13. The van der Waals surface area contributed by atoms with Gasteiger partial charge in [0.25, 0.3) is 5.69 Å². The lowest BCUT2D eigenvalue weighted by Crippen LogP contribution is -2.11. The number of methoxy groups -OCH3 is 2. The molecule has 27 heavy (non-hydrogen) atoms. The van der Waals surface area contributed by atoms with Gasteiger partial charge in [0, 0.05) is 30.0 Å². The molecule has 0 bridgehead atoms. The highest BCUT2D eigenvalue weighted by atomic mass is 16.6. The highest BCUT2D eigenvalue weighted by Gasteiger charge is 2.20. The molecule has 2 aromatic carbocycles. The summed E-state index contributed by atoms with van der Waals surface area (Å²) in [7, 11) is 2.56. The Morgan fingerprint density at radius 1 is 1.04 bits per heavy atom. The summed E-state index contributed by atoms with van der Waals surface area (Å²) >= 11 is 0. The predicted molar refractivity (Wildman–Crippen MR) is 98.3 cm³/mol. The van der Waals surface area contributed by atoms with Gasteiger partial charge in [-0.1, -0.05) is 42.5 Å². The van der Waals surface area contributed by atoms with Crippen LogP contribution in [0.15, 0.2) is 66.4 Å². The van der Waals surface area contributed by atoms with Crippen LogP contribution in [0.1, 0.15) is 28.3 Å². The smallest absolute Gasteiger partial charge is 0.372 e. The molecule has 2 rings (SSSR count). The van der Waals surface area contributed by atoms with E-state index in [0.717, 1.165) is 0 Å². The zero-order chi connectivity index (χ0) is 19.8. The molecule has 2 aromatic rings. The van der Waals surface area contributed by atoms with E-state index in [1.54, 1.807) is 36.4 Å². The second kappa shape index (κ2) is 9.28. The standard InChI is InChI=1S/C20H19NO6/c1-26-19(20(23)27-2)13-16(12-18(22)15-6-4-3-5-7-15)14-8-10-17(11-9-14)21(24)25/h3-11,13,16H,12H2,1-2H3/b19-13-. The van der Waals surface area contributed by atoms with Crippen LogP contribution in [-0.2, 0) is 14.3 Å². The van der Waals surface area contributed by atoms with Crippen molar-refractivity contribution in [3.05, 3.63) is 87.7 Å². The number of rotatable bonds is 8. The molecule has 0 aliphatic heterocycles. The van der Waals surface area contributed by atoms with Crippen molar-refractivity contribution < 1.29 is 24.0 Å². The molecule has 0 saturated carbocycles. The predicted octanol–water partition coefficient (Wildman–Crippen LogP) is 3.65. The Bertz CT molecular complexity index is 843. The molecule has 0 saturated heterocycles. The Labute approximate surface area is 156 Å². The molecule has 0 fully saturated rings. The van der Waals surface area contributed by atoms with Crippen LogP contribution in [0.4, 0.5) is 5.69 Å². The molecule has 0 amide bonds. The van der Waals surface area contributed by atoms with E-state index in [9.17, 15) is 19.7 Å². The number of ketones is 1. The summed E-state index contributed by atoms with van der Waals surface area (Å²) < 4.78 is 9.74. The van der Waals surface area contributed by atoms with Crippen molar-refractivity contribution in [1.29, 1.82) is 0 Å². The van der Waals surface area contributed by atoms with E-state index in [0.29, 0.717) is 11.1 Å². The van der Waals surface area contributed by atoms with E-state index in [-0.39, 0.29) is 23.7 Å². The zero-order valence-corrected chi connectivity index (χ0v) is 15.0. The van der Waals surface area contributed by atoms with E-state index in [1.807, 2.05) is 6.07 Å². The quantitative estimate of drug-likeness (QED) is 0.176. The van der Waals surface area contributed by atoms with Gasteiger partial charge in [-0.2, -0.15) is 0 Å². The number of non-ortho nitro benzene ring substituents is 1. The molecule has 7 nitrogen and oxygen atoms in total. The number of hydrogen-bond donors (Lipinski definition) is 0. The topological polar surface area (TPSA) is 95.7 Å². The Hall–Kier alpha value is -3.48. The maximum atomic E-state index is 12.6. The second-order valence-corrected chi connectivity index (χ2v) is 5.68. The molecule has 0 aliphatic carbocycles. The van der Waals surface area contributed by atoms with Crippen LogP contribution in [0.5, 0.6) is 0 Å². The van der Waals surface area contributed by atoms with Crippen molar-refractivity contribution >= 4 is 17.4 Å². The van der Waals surface area contributed by atoms with Gasteiger partial charge < -0.3 is 9.47 Å². The summed E-state index contributed by atoms with van der Waals surface area (Å²) in [6.45, 7) is 0. The average molecular weight is 369 g/mol. The second-order valence-electron chi connectivity index (χ2n) is 5.68. The van der Waals surface area contributed by atoms with Crippen LogP contribution < -0.4 is 0 Å². The van der Waals surface area contributed by atoms with Crippen LogP contribution in [-0.4, -0.2) is 30.9 Å². The van der Waals surface area contributed by atoms with Gasteiger partial charge in [0.15, 0.2) is 5.78 Å². The maximum Gasteiger partial charge on any atom is 0.372 e. The molecular formula is C20H19NO6. The van der Waals surface area contributed by atoms with Gasteiger partial charge in [-0.25, -0.2) is 4.79 Å². The lowest BCUT2D eigenvalue weighted by Gasteiger charge is -2.14. The van der Waals surface area contributed by atoms with Crippen molar-refractivity contribution in [2.45, 2.75) is 12.3 Å². The third kappa shape index (κ3) is 5.24. The van der Waals surface area contributed by atoms with Crippen molar-refractivity contribution in [2.75, 3.05) is 14.2 Å². The Morgan fingerprint density at radius 3 is 2.19 bits per heavy atom. The number of hydrogen-bond acceptors (Lipinski definition) is 6. The number of allylic oxidation sites excluding steroid dienone is 1. The van der Waals surface area contributed by atoms with Crippen molar-refractivity contribution in [2.24, 2.45) is 0 Å². The average Bonchev–Trinajstić information content (AvgIpc) is 2.71. The summed E-state index contributed by atoms with van der Waals surface area (Å²) in [5.41, 5.74) is 1.12. The summed E-state index contributed by atoms with van der Waals surface area (Å²) in [5.74, 6) is -1.36. The lowest BCUT2D eigenvalue weighted by molar-refractivity contribution is -0.384. The first-order chi connectivity index (χ1) is 13.0. The first-order valence-corrected chi connectivity index (χ1v) is 8.13. The van der Waals surface area contributed by atoms with Gasteiger partial charge in [-0.05, 0) is 11.6 Å². The minimum Gasteiger partial charge on any atom is -0.490 e. The Morgan fingerprint density at radius 2 is 1.67 bits per heavy atom. The summed E-state index contributed by atoms with van der Waals surface area (Å²) in [6.07, 6.45) is 1.56. The Balaban J connectivity index is 2.38. The van der Waals surface area contributed by atoms with E-state index < -0.39 is 16.8 Å². The molecule has 140 valence electrons. The molecular weight excluding hydrogens is 350 g/mol. The van der Waals surface area contributed by atoms with Crippen molar-refractivity contribution in [3.8, 4) is 0 Å². The molecule has 0 radical (unpaired) electrons. The van der Waals surface area contributed by atoms with Crippen LogP contribution in [0.3, 0.4) is 0 Å². The molecule has 0 N–H and O–H groups in total. The van der Waals surface area contributed by atoms with E-state index >= 15 is 0 Å². The van der Waals surface area contributed by atoms with Crippen LogP contribution in [0, 0.1) is 10.1 Å². The molecule has 0 heterocycles. The number of ether oxygens (including phenoxy) is 2. The van der Waals surface area contributed by atoms with Crippen LogP contribution in [0.2, 0.25) is 0 Å². The van der Waals surface area contributed by atoms with Gasteiger partial charge in [0.2, 0.25) is 5.76 Å². The first kappa shape index (κ1) is 19.8. The number of carbonyl (C=O) groups excluding carboxylic acids is 2. The Kier molecular flexibility index (Phi) is 6.82. The third-order valence-electron chi connectivity index (χ3n) is 3.99. The number of nitro benzene ring substituents is 1. The number of benzene rings is 2. The fraction of sp³-hybridized carbons (Fsp3) is 0.200. The normalized spacial score (nSPS) is 12.1. The minimum absolute atomic E-state index is 0.0401. The van der Waals surface area contributed by atoms with E-state index in [2.05, 4.69) is 4.74 Å². The molecule has 0 aromatic heterocycles. The molecule has 0 spiro atoms. The molecule has 1 unspecified atom stereocenters. The zero-order valence-electron chi connectivity index (χ0n) is 15.0. The number of nitrogens with zero attached hydrogens (tertiary/aromatic N) is 1. The number of nitro groups is 1. The maximum absolute atomic E-state index is 12.6. The third-order valence-corrected chi connectivity index (χ3v) is 3.99. The number of Topliss-reactive ketones (excluding diaryl/α,β-unsaturated/α-hetero) is 1.